The maximum Gasteiger partial charge on any atom is 0.308 e. The van der Waals surface area contributed by atoms with Crippen LogP contribution in [0.4, 0.5) is 4.39 Å². The number of halogens is 2. The SMILES string of the molecule is CN1CC(C(=O)O)C(c2c(F)cccc2Cl)C1. The number of likely N-dealkylation sites (tertiary alicyclic amines) is 1. The van der Waals surface area contributed by atoms with Crippen LogP contribution in [0.2, 0.25) is 5.02 Å². The molecular formula is C12H13ClFNO2. The van der Waals surface area contributed by atoms with Crippen LogP contribution in [0.15, 0.2) is 18.2 Å². The van der Waals surface area contributed by atoms with E-state index in [0.717, 1.165) is 0 Å². The molecule has 1 N–H and O–H groups in total. The van der Waals surface area contributed by atoms with E-state index in [-0.39, 0.29) is 5.92 Å². The average Bonchev–Trinajstić information content (AvgIpc) is 2.60. The summed E-state index contributed by atoms with van der Waals surface area (Å²) in [6.07, 6.45) is 0. The van der Waals surface area contributed by atoms with E-state index in [1.807, 2.05) is 11.9 Å². The second kappa shape index (κ2) is 4.63. The molecule has 0 bridgehead atoms. The number of likely N-dealkylation sites (N-methyl/N-ethyl adjacent to an activating group) is 1. The fourth-order valence-corrected chi connectivity index (χ4v) is 2.71. The Balaban J connectivity index is 2.41. The van der Waals surface area contributed by atoms with E-state index in [4.69, 9.17) is 16.7 Å². The molecule has 1 aliphatic rings. The fraction of sp³-hybridized carbons (Fsp3) is 0.417. The molecule has 2 rings (SSSR count). The number of rotatable bonds is 2. The summed E-state index contributed by atoms with van der Waals surface area (Å²) in [5.41, 5.74) is 0.325. The average molecular weight is 258 g/mol. The van der Waals surface area contributed by atoms with Crippen molar-refractivity contribution in [2.75, 3.05) is 20.1 Å². The van der Waals surface area contributed by atoms with Gasteiger partial charge in [0.1, 0.15) is 5.82 Å². The van der Waals surface area contributed by atoms with Crippen LogP contribution >= 0.6 is 11.6 Å². The summed E-state index contributed by atoms with van der Waals surface area (Å²) in [4.78, 5) is 13.0. The van der Waals surface area contributed by atoms with Gasteiger partial charge in [0.15, 0.2) is 0 Å². The van der Waals surface area contributed by atoms with Crippen molar-refractivity contribution in [3.63, 3.8) is 0 Å². The number of hydrogen-bond acceptors (Lipinski definition) is 2. The van der Waals surface area contributed by atoms with Crippen LogP contribution in [0.1, 0.15) is 11.5 Å². The minimum absolute atomic E-state index is 0.302. The topological polar surface area (TPSA) is 40.5 Å². The van der Waals surface area contributed by atoms with Gasteiger partial charge in [-0.3, -0.25) is 4.79 Å². The number of nitrogens with zero attached hydrogens (tertiary/aromatic N) is 1. The van der Waals surface area contributed by atoms with Gasteiger partial charge in [0.25, 0.3) is 0 Å². The lowest BCUT2D eigenvalue weighted by molar-refractivity contribution is -0.141. The number of carboxylic acids is 1. The normalized spacial score (nSPS) is 25.1. The van der Waals surface area contributed by atoms with Crippen molar-refractivity contribution < 1.29 is 14.3 Å². The molecule has 92 valence electrons. The van der Waals surface area contributed by atoms with E-state index in [0.29, 0.717) is 23.7 Å². The fourth-order valence-electron chi connectivity index (χ4n) is 2.41. The second-order valence-electron chi connectivity index (χ2n) is 4.41. The zero-order valence-electron chi connectivity index (χ0n) is 9.36. The molecule has 0 spiro atoms. The van der Waals surface area contributed by atoms with Crippen molar-refractivity contribution in [2.24, 2.45) is 5.92 Å². The van der Waals surface area contributed by atoms with Gasteiger partial charge >= 0.3 is 5.97 Å². The second-order valence-corrected chi connectivity index (χ2v) is 4.81. The molecule has 1 saturated heterocycles. The van der Waals surface area contributed by atoms with Crippen molar-refractivity contribution in [3.8, 4) is 0 Å². The Hall–Kier alpha value is -1.13. The van der Waals surface area contributed by atoms with Gasteiger partial charge in [-0.05, 0) is 19.2 Å². The lowest BCUT2D eigenvalue weighted by Crippen LogP contribution is -2.22. The molecule has 3 nitrogen and oxygen atoms in total. The lowest BCUT2D eigenvalue weighted by atomic mass is 9.88. The molecule has 17 heavy (non-hydrogen) atoms. The first-order chi connectivity index (χ1) is 8.00. The number of aliphatic carboxylic acids is 1. The number of hydrogen-bond donors (Lipinski definition) is 1. The summed E-state index contributed by atoms with van der Waals surface area (Å²) in [5.74, 6) is -2.32. The largest absolute Gasteiger partial charge is 0.481 e. The van der Waals surface area contributed by atoms with Crippen LogP contribution in [0.3, 0.4) is 0 Å². The predicted octanol–water partition coefficient (Wildman–Crippen LogP) is 2.21. The highest BCUT2D eigenvalue weighted by Crippen LogP contribution is 2.37. The van der Waals surface area contributed by atoms with Crippen molar-refractivity contribution in [3.05, 3.63) is 34.6 Å². The van der Waals surface area contributed by atoms with Gasteiger partial charge in [0.05, 0.1) is 5.92 Å². The van der Waals surface area contributed by atoms with E-state index >= 15 is 0 Å². The van der Waals surface area contributed by atoms with Crippen LogP contribution < -0.4 is 0 Å². The van der Waals surface area contributed by atoms with Gasteiger partial charge in [-0.1, -0.05) is 17.7 Å². The Bertz CT molecular complexity index is 432. The zero-order chi connectivity index (χ0) is 12.6. The first kappa shape index (κ1) is 12.3. The van der Waals surface area contributed by atoms with Gasteiger partial charge in [-0.2, -0.15) is 0 Å². The summed E-state index contributed by atoms with van der Waals surface area (Å²) >= 11 is 5.98. The first-order valence-corrected chi connectivity index (χ1v) is 5.73. The Morgan fingerprint density at radius 2 is 2.24 bits per heavy atom. The smallest absolute Gasteiger partial charge is 0.308 e. The predicted molar refractivity (Wildman–Crippen MR) is 62.8 cm³/mol. The molecule has 1 aliphatic heterocycles. The quantitative estimate of drug-likeness (QED) is 0.883. The lowest BCUT2D eigenvalue weighted by Gasteiger charge is -2.17. The van der Waals surface area contributed by atoms with Crippen LogP contribution in [-0.4, -0.2) is 36.1 Å². The molecule has 2 atom stereocenters. The molecule has 1 aromatic carbocycles. The zero-order valence-corrected chi connectivity index (χ0v) is 10.1. The number of carboxylic acid groups (broad SMARTS) is 1. The molecular weight excluding hydrogens is 245 g/mol. The highest BCUT2D eigenvalue weighted by Gasteiger charge is 2.39. The van der Waals surface area contributed by atoms with Crippen LogP contribution in [-0.2, 0) is 4.79 Å². The third kappa shape index (κ3) is 2.28. The summed E-state index contributed by atoms with van der Waals surface area (Å²) in [5, 5.41) is 9.45. The van der Waals surface area contributed by atoms with Gasteiger partial charge in [0.2, 0.25) is 0 Å². The van der Waals surface area contributed by atoms with Gasteiger partial charge in [0, 0.05) is 29.6 Å². The molecule has 0 amide bonds. The molecule has 0 aromatic heterocycles. The monoisotopic (exact) mass is 257 g/mol. The standard InChI is InChI=1S/C12H13ClFNO2/c1-15-5-7(8(6-15)12(16)17)11-9(13)3-2-4-10(11)14/h2-4,7-8H,5-6H2,1H3,(H,16,17). The van der Waals surface area contributed by atoms with E-state index in [2.05, 4.69) is 0 Å². The Kier molecular flexibility index (Phi) is 3.35. The number of carbonyl (C=O) groups is 1. The van der Waals surface area contributed by atoms with Gasteiger partial charge in [-0.25, -0.2) is 4.39 Å². The molecule has 2 unspecified atom stereocenters. The summed E-state index contributed by atoms with van der Waals surface area (Å²) in [6, 6.07) is 4.44. The van der Waals surface area contributed by atoms with Gasteiger partial charge < -0.3 is 10.0 Å². The molecule has 1 heterocycles. The molecule has 0 saturated carbocycles. The van der Waals surface area contributed by atoms with Crippen LogP contribution in [0.5, 0.6) is 0 Å². The maximum atomic E-state index is 13.8. The highest BCUT2D eigenvalue weighted by atomic mass is 35.5. The Morgan fingerprint density at radius 1 is 1.53 bits per heavy atom. The molecule has 1 fully saturated rings. The first-order valence-electron chi connectivity index (χ1n) is 5.36. The van der Waals surface area contributed by atoms with E-state index in [9.17, 15) is 9.18 Å². The third-order valence-electron chi connectivity index (χ3n) is 3.19. The number of benzene rings is 1. The maximum absolute atomic E-state index is 13.8. The van der Waals surface area contributed by atoms with Crippen molar-refractivity contribution >= 4 is 17.6 Å². The Labute approximate surface area is 104 Å². The van der Waals surface area contributed by atoms with E-state index in [1.54, 1.807) is 6.07 Å². The van der Waals surface area contributed by atoms with Crippen LogP contribution in [0.25, 0.3) is 0 Å². The minimum atomic E-state index is -0.904. The minimum Gasteiger partial charge on any atom is -0.481 e. The third-order valence-corrected chi connectivity index (χ3v) is 3.52. The summed E-state index contributed by atoms with van der Waals surface area (Å²) in [6.45, 7) is 0.933. The highest BCUT2D eigenvalue weighted by molar-refractivity contribution is 6.31. The molecule has 1 aromatic rings. The molecule has 0 radical (unpaired) electrons. The summed E-state index contributed by atoms with van der Waals surface area (Å²) < 4.78 is 13.8. The van der Waals surface area contributed by atoms with Gasteiger partial charge in [-0.15, -0.1) is 0 Å². The summed E-state index contributed by atoms with van der Waals surface area (Å²) in [7, 11) is 1.82. The molecule has 5 heteroatoms. The van der Waals surface area contributed by atoms with Crippen molar-refractivity contribution in [2.45, 2.75) is 5.92 Å². The van der Waals surface area contributed by atoms with E-state index < -0.39 is 17.7 Å². The van der Waals surface area contributed by atoms with E-state index in [1.165, 1.54) is 12.1 Å². The van der Waals surface area contributed by atoms with Crippen molar-refractivity contribution in [1.82, 2.24) is 4.90 Å². The van der Waals surface area contributed by atoms with Crippen LogP contribution in [0, 0.1) is 11.7 Å². The Morgan fingerprint density at radius 3 is 2.82 bits per heavy atom. The van der Waals surface area contributed by atoms with Crippen molar-refractivity contribution in [1.29, 1.82) is 0 Å². The molecule has 0 aliphatic carbocycles.